The van der Waals surface area contributed by atoms with Crippen LogP contribution < -0.4 is 4.90 Å². The predicted octanol–water partition coefficient (Wildman–Crippen LogP) is 1.88. The number of nitrogens with zero attached hydrogens (tertiary/aromatic N) is 3. The number of fused-ring (bicyclic) bond motifs is 1. The molecule has 0 bridgehead atoms. The summed E-state index contributed by atoms with van der Waals surface area (Å²) in [5.74, 6) is -1.36. The van der Waals surface area contributed by atoms with E-state index in [1.165, 1.54) is 0 Å². The van der Waals surface area contributed by atoms with Gasteiger partial charge in [0, 0.05) is 37.6 Å². The largest absolute Gasteiger partial charge is 0.481 e. The Morgan fingerprint density at radius 3 is 2.86 bits per heavy atom. The smallest absolute Gasteiger partial charge is 0.311 e. The minimum Gasteiger partial charge on any atom is -0.481 e. The number of aliphatic carboxylic acids is 1. The third-order valence-corrected chi connectivity index (χ3v) is 3.99. The molecule has 1 aliphatic heterocycles. The van der Waals surface area contributed by atoms with Crippen molar-refractivity contribution in [3.8, 4) is 0 Å². The first-order chi connectivity index (χ1) is 10.7. The molecule has 22 heavy (non-hydrogen) atoms. The molecule has 0 fully saturated rings. The second kappa shape index (κ2) is 6.01. The summed E-state index contributed by atoms with van der Waals surface area (Å²) in [5, 5.41) is 9.32. The Bertz CT molecular complexity index is 682. The molecule has 1 aromatic heterocycles. The molecule has 1 aromatic carbocycles. The zero-order valence-corrected chi connectivity index (χ0v) is 12.1. The van der Waals surface area contributed by atoms with Gasteiger partial charge in [-0.05, 0) is 18.1 Å². The second-order valence-electron chi connectivity index (χ2n) is 5.33. The Kier molecular flexibility index (Phi) is 3.91. The highest BCUT2D eigenvalue weighted by atomic mass is 16.4. The van der Waals surface area contributed by atoms with Gasteiger partial charge in [-0.25, -0.2) is 4.98 Å². The molecule has 0 radical (unpaired) electrons. The summed E-state index contributed by atoms with van der Waals surface area (Å²) in [6, 6.07) is 7.26. The lowest BCUT2D eigenvalue weighted by Gasteiger charge is -2.32. The number of imidazole rings is 1. The number of carboxylic acids is 1. The lowest BCUT2D eigenvalue weighted by atomic mass is 9.90. The summed E-state index contributed by atoms with van der Waals surface area (Å²) in [6.45, 7) is 1.01. The van der Waals surface area contributed by atoms with Gasteiger partial charge < -0.3 is 14.6 Å². The molecule has 114 valence electrons. The Morgan fingerprint density at radius 2 is 2.14 bits per heavy atom. The van der Waals surface area contributed by atoms with Crippen molar-refractivity contribution in [2.45, 2.75) is 25.3 Å². The SMILES string of the molecule is O=C(O)C1CCN(C(=O)CCn2ccnc2)c2ccccc21. The number of aromatic nitrogens is 2. The second-order valence-corrected chi connectivity index (χ2v) is 5.33. The van der Waals surface area contributed by atoms with E-state index >= 15 is 0 Å². The molecule has 3 rings (SSSR count). The lowest BCUT2D eigenvalue weighted by Crippen LogP contribution is -2.38. The molecule has 6 heteroatoms. The summed E-state index contributed by atoms with van der Waals surface area (Å²) in [6.07, 6.45) is 5.99. The fourth-order valence-electron chi connectivity index (χ4n) is 2.86. The van der Waals surface area contributed by atoms with Gasteiger partial charge in [0.05, 0.1) is 12.2 Å². The Balaban J connectivity index is 1.78. The van der Waals surface area contributed by atoms with Gasteiger partial charge in [0.1, 0.15) is 0 Å². The highest BCUT2D eigenvalue weighted by Crippen LogP contribution is 2.35. The molecule has 1 atom stereocenters. The summed E-state index contributed by atoms with van der Waals surface area (Å²) >= 11 is 0. The number of anilines is 1. The molecule has 2 heterocycles. The van der Waals surface area contributed by atoms with Crippen LogP contribution in [0.25, 0.3) is 0 Å². The normalized spacial score (nSPS) is 17.1. The maximum Gasteiger partial charge on any atom is 0.311 e. The van der Waals surface area contributed by atoms with Gasteiger partial charge in [-0.1, -0.05) is 18.2 Å². The van der Waals surface area contributed by atoms with E-state index in [0.717, 1.165) is 11.3 Å². The fourth-order valence-corrected chi connectivity index (χ4v) is 2.86. The number of para-hydroxylation sites is 1. The van der Waals surface area contributed by atoms with Crippen molar-refractivity contribution in [1.29, 1.82) is 0 Å². The van der Waals surface area contributed by atoms with Crippen molar-refractivity contribution in [1.82, 2.24) is 9.55 Å². The molecule has 1 aliphatic rings. The average Bonchev–Trinajstić information content (AvgIpc) is 3.04. The molecule has 0 saturated heterocycles. The topological polar surface area (TPSA) is 75.4 Å². The minimum atomic E-state index is -0.835. The van der Waals surface area contributed by atoms with E-state index in [1.54, 1.807) is 23.5 Å². The van der Waals surface area contributed by atoms with Gasteiger partial charge in [-0.2, -0.15) is 0 Å². The van der Waals surface area contributed by atoms with Crippen LogP contribution in [0.1, 0.15) is 24.3 Å². The first-order valence-corrected chi connectivity index (χ1v) is 7.24. The molecule has 0 aliphatic carbocycles. The van der Waals surface area contributed by atoms with Crippen LogP contribution in [0.2, 0.25) is 0 Å². The van der Waals surface area contributed by atoms with Crippen molar-refractivity contribution >= 4 is 17.6 Å². The average molecular weight is 299 g/mol. The Morgan fingerprint density at radius 1 is 1.32 bits per heavy atom. The van der Waals surface area contributed by atoms with Gasteiger partial charge in [-0.3, -0.25) is 9.59 Å². The van der Waals surface area contributed by atoms with Crippen LogP contribution in [0.3, 0.4) is 0 Å². The molecule has 2 aromatic rings. The van der Waals surface area contributed by atoms with Gasteiger partial charge in [-0.15, -0.1) is 0 Å². The third-order valence-electron chi connectivity index (χ3n) is 3.99. The molecular weight excluding hydrogens is 282 g/mol. The number of aryl methyl sites for hydroxylation is 1. The van der Waals surface area contributed by atoms with Crippen LogP contribution in [0.4, 0.5) is 5.69 Å². The Labute approximate surface area is 128 Å². The van der Waals surface area contributed by atoms with Crippen LogP contribution >= 0.6 is 0 Å². The maximum absolute atomic E-state index is 12.5. The van der Waals surface area contributed by atoms with Gasteiger partial charge >= 0.3 is 5.97 Å². The number of amides is 1. The van der Waals surface area contributed by atoms with Crippen molar-refractivity contribution in [2.24, 2.45) is 0 Å². The standard InChI is InChI=1S/C16H17N3O3/c20-15(6-8-18-10-7-17-11-18)19-9-5-13(16(21)22)12-3-1-2-4-14(12)19/h1-4,7,10-11,13H,5-6,8-9H2,(H,21,22). The van der Waals surface area contributed by atoms with Gasteiger partial charge in [0.15, 0.2) is 0 Å². The fraction of sp³-hybridized carbons (Fsp3) is 0.312. The molecule has 0 saturated carbocycles. The zero-order chi connectivity index (χ0) is 15.5. The number of hydrogen-bond acceptors (Lipinski definition) is 3. The van der Waals surface area contributed by atoms with Crippen LogP contribution in [0.15, 0.2) is 43.0 Å². The first kappa shape index (κ1) is 14.3. The monoisotopic (exact) mass is 299 g/mol. The minimum absolute atomic E-state index is 0.00462. The zero-order valence-electron chi connectivity index (χ0n) is 12.1. The Hall–Kier alpha value is -2.63. The van der Waals surface area contributed by atoms with E-state index < -0.39 is 11.9 Å². The quantitative estimate of drug-likeness (QED) is 0.935. The van der Waals surface area contributed by atoms with Crippen LogP contribution in [0.5, 0.6) is 0 Å². The van der Waals surface area contributed by atoms with Crippen molar-refractivity contribution < 1.29 is 14.7 Å². The van der Waals surface area contributed by atoms with Gasteiger partial charge in [0.2, 0.25) is 5.91 Å². The highest BCUT2D eigenvalue weighted by Gasteiger charge is 2.31. The van der Waals surface area contributed by atoms with Crippen LogP contribution in [-0.4, -0.2) is 33.1 Å². The maximum atomic E-state index is 12.5. The molecular formula is C16H17N3O3. The summed E-state index contributed by atoms with van der Waals surface area (Å²) in [5.41, 5.74) is 1.44. The number of carbonyl (C=O) groups is 2. The molecule has 6 nitrogen and oxygen atoms in total. The van der Waals surface area contributed by atoms with Crippen molar-refractivity contribution in [3.05, 3.63) is 48.5 Å². The third kappa shape index (κ3) is 2.72. The lowest BCUT2D eigenvalue weighted by molar-refractivity contribution is -0.139. The molecule has 1 amide bonds. The summed E-state index contributed by atoms with van der Waals surface area (Å²) in [7, 11) is 0. The van der Waals surface area contributed by atoms with Crippen molar-refractivity contribution in [3.63, 3.8) is 0 Å². The van der Waals surface area contributed by atoms with E-state index in [4.69, 9.17) is 0 Å². The number of hydrogen-bond donors (Lipinski definition) is 1. The number of carboxylic acid groups (broad SMARTS) is 1. The van der Waals surface area contributed by atoms with E-state index in [-0.39, 0.29) is 5.91 Å². The number of benzene rings is 1. The van der Waals surface area contributed by atoms with Crippen molar-refractivity contribution in [2.75, 3.05) is 11.4 Å². The van der Waals surface area contributed by atoms with E-state index in [9.17, 15) is 14.7 Å². The predicted molar refractivity (Wildman–Crippen MR) is 80.6 cm³/mol. The van der Waals surface area contributed by atoms with Gasteiger partial charge in [0.25, 0.3) is 0 Å². The summed E-state index contributed by atoms with van der Waals surface area (Å²) < 4.78 is 1.85. The number of carbonyl (C=O) groups excluding carboxylic acids is 1. The van der Waals surface area contributed by atoms with E-state index in [0.29, 0.717) is 25.9 Å². The van der Waals surface area contributed by atoms with E-state index in [2.05, 4.69) is 4.98 Å². The van der Waals surface area contributed by atoms with E-state index in [1.807, 2.05) is 29.0 Å². The molecule has 1 N–H and O–H groups in total. The van der Waals surface area contributed by atoms with Crippen LogP contribution in [0, 0.1) is 0 Å². The highest BCUT2D eigenvalue weighted by molar-refractivity contribution is 5.96. The molecule has 0 spiro atoms. The van der Waals surface area contributed by atoms with Crippen LogP contribution in [-0.2, 0) is 16.1 Å². The molecule has 1 unspecified atom stereocenters. The summed E-state index contributed by atoms with van der Waals surface area (Å²) in [4.78, 5) is 29.5. The number of rotatable bonds is 4. The first-order valence-electron chi connectivity index (χ1n) is 7.24.